The summed E-state index contributed by atoms with van der Waals surface area (Å²) in [5, 5.41) is 0. The Balaban J connectivity index is 2.16. The SMILES string of the molecule is CCCCCCCCCOc1ccc(S(=O)(=O)O)cc1. The number of hydrogen-bond donors (Lipinski definition) is 1. The van der Waals surface area contributed by atoms with Crippen LogP contribution in [0.1, 0.15) is 51.9 Å². The van der Waals surface area contributed by atoms with Gasteiger partial charge in [0.2, 0.25) is 0 Å². The molecule has 0 bridgehead atoms. The molecule has 0 radical (unpaired) electrons. The largest absolute Gasteiger partial charge is 0.494 e. The Morgan fingerprint density at radius 2 is 1.50 bits per heavy atom. The van der Waals surface area contributed by atoms with E-state index >= 15 is 0 Å². The Hall–Kier alpha value is -1.07. The van der Waals surface area contributed by atoms with Crippen molar-refractivity contribution >= 4 is 10.1 Å². The van der Waals surface area contributed by atoms with Gasteiger partial charge in [0.05, 0.1) is 11.5 Å². The van der Waals surface area contributed by atoms with Crippen molar-refractivity contribution in [3.63, 3.8) is 0 Å². The van der Waals surface area contributed by atoms with Gasteiger partial charge in [0.25, 0.3) is 10.1 Å². The molecule has 0 amide bonds. The predicted octanol–water partition coefficient (Wildman–Crippen LogP) is 4.06. The van der Waals surface area contributed by atoms with Gasteiger partial charge >= 0.3 is 0 Å². The van der Waals surface area contributed by atoms with Gasteiger partial charge in [0.1, 0.15) is 5.75 Å². The van der Waals surface area contributed by atoms with Crippen LogP contribution >= 0.6 is 0 Å². The van der Waals surface area contributed by atoms with E-state index in [1.165, 1.54) is 44.2 Å². The third kappa shape index (κ3) is 6.91. The van der Waals surface area contributed by atoms with Crippen LogP contribution in [0, 0.1) is 0 Å². The highest BCUT2D eigenvalue weighted by Crippen LogP contribution is 2.16. The van der Waals surface area contributed by atoms with Crippen LogP contribution in [-0.2, 0) is 10.1 Å². The fourth-order valence-corrected chi connectivity index (χ4v) is 2.44. The first kappa shape index (κ1) is 17.0. The number of ether oxygens (including phenoxy) is 1. The maximum Gasteiger partial charge on any atom is 0.294 e. The summed E-state index contributed by atoms with van der Waals surface area (Å²) in [4.78, 5) is -0.110. The van der Waals surface area contributed by atoms with Crippen molar-refractivity contribution in [1.29, 1.82) is 0 Å². The normalized spacial score (nSPS) is 11.5. The molecule has 0 unspecified atom stereocenters. The van der Waals surface area contributed by atoms with Crippen LogP contribution in [0.15, 0.2) is 29.2 Å². The zero-order valence-corrected chi connectivity index (χ0v) is 12.9. The van der Waals surface area contributed by atoms with Gasteiger partial charge in [-0.2, -0.15) is 8.42 Å². The van der Waals surface area contributed by atoms with Crippen LogP contribution in [-0.4, -0.2) is 19.6 Å². The molecule has 0 aliphatic rings. The van der Waals surface area contributed by atoms with Gasteiger partial charge < -0.3 is 4.74 Å². The maximum atomic E-state index is 10.9. The third-order valence-corrected chi connectivity index (χ3v) is 4.01. The molecule has 0 heterocycles. The molecule has 0 aromatic heterocycles. The van der Waals surface area contributed by atoms with E-state index in [-0.39, 0.29) is 4.90 Å². The minimum Gasteiger partial charge on any atom is -0.494 e. The molecule has 0 atom stereocenters. The van der Waals surface area contributed by atoms with Gasteiger partial charge in [0, 0.05) is 0 Å². The van der Waals surface area contributed by atoms with Crippen LogP contribution in [0.3, 0.4) is 0 Å². The summed E-state index contributed by atoms with van der Waals surface area (Å²) in [5.41, 5.74) is 0. The van der Waals surface area contributed by atoms with Crippen molar-refractivity contribution in [2.45, 2.75) is 56.8 Å². The van der Waals surface area contributed by atoms with E-state index in [1.807, 2.05) is 0 Å². The second-order valence-electron chi connectivity index (χ2n) is 4.92. The molecule has 0 saturated carbocycles. The molecule has 1 rings (SSSR count). The lowest BCUT2D eigenvalue weighted by molar-refractivity contribution is 0.304. The molecule has 20 heavy (non-hydrogen) atoms. The Labute approximate surface area is 121 Å². The van der Waals surface area contributed by atoms with Crippen molar-refractivity contribution in [1.82, 2.24) is 0 Å². The smallest absolute Gasteiger partial charge is 0.294 e. The molecule has 0 aliphatic carbocycles. The summed E-state index contributed by atoms with van der Waals surface area (Å²) >= 11 is 0. The molecule has 5 heteroatoms. The number of rotatable bonds is 10. The van der Waals surface area contributed by atoms with E-state index in [0.29, 0.717) is 12.4 Å². The zero-order valence-electron chi connectivity index (χ0n) is 12.0. The van der Waals surface area contributed by atoms with Crippen LogP contribution in [0.2, 0.25) is 0 Å². The Bertz CT molecular complexity index is 465. The Kier molecular flexibility index (Phi) is 7.62. The fraction of sp³-hybridized carbons (Fsp3) is 0.600. The molecule has 1 N–H and O–H groups in total. The molecule has 1 aromatic carbocycles. The van der Waals surface area contributed by atoms with Gasteiger partial charge in [-0.3, -0.25) is 4.55 Å². The minimum atomic E-state index is -4.12. The summed E-state index contributed by atoms with van der Waals surface area (Å²) in [6.45, 7) is 2.85. The van der Waals surface area contributed by atoms with Crippen LogP contribution < -0.4 is 4.74 Å². The van der Waals surface area contributed by atoms with Crippen molar-refractivity contribution in [3.8, 4) is 5.75 Å². The van der Waals surface area contributed by atoms with E-state index in [2.05, 4.69) is 6.92 Å². The van der Waals surface area contributed by atoms with Gasteiger partial charge in [-0.25, -0.2) is 0 Å². The van der Waals surface area contributed by atoms with E-state index in [4.69, 9.17) is 9.29 Å². The Morgan fingerprint density at radius 1 is 0.950 bits per heavy atom. The molecule has 0 fully saturated rings. The topological polar surface area (TPSA) is 63.6 Å². The van der Waals surface area contributed by atoms with Gasteiger partial charge in [0.15, 0.2) is 0 Å². The van der Waals surface area contributed by atoms with Crippen molar-refractivity contribution < 1.29 is 17.7 Å². The molecule has 0 saturated heterocycles. The molecular formula is C15H24O4S. The first-order chi connectivity index (χ1) is 9.54. The standard InChI is InChI=1S/C15H24O4S/c1-2-3-4-5-6-7-8-13-19-14-9-11-15(12-10-14)20(16,17)18/h9-12H,2-8,13H2,1H3,(H,16,17,18). The minimum absolute atomic E-state index is 0.110. The highest BCUT2D eigenvalue weighted by Gasteiger charge is 2.08. The second kappa shape index (κ2) is 8.97. The molecule has 4 nitrogen and oxygen atoms in total. The molecule has 0 spiro atoms. The van der Waals surface area contributed by atoms with Crippen LogP contribution in [0.4, 0.5) is 0 Å². The first-order valence-corrected chi connectivity index (χ1v) is 8.68. The van der Waals surface area contributed by atoms with Crippen molar-refractivity contribution in [3.05, 3.63) is 24.3 Å². The molecule has 1 aromatic rings. The lowest BCUT2D eigenvalue weighted by Gasteiger charge is -2.06. The average Bonchev–Trinajstić information content (AvgIpc) is 2.41. The fourth-order valence-electron chi connectivity index (χ4n) is 1.96. The average molecular weight is 300 g/mol. The summed E-state index contributed by atoms with van der Waals surface area (Å²) in [6.07, 6.45) is 8.59. The first-order valence-electron chi connectivity index (χ1n) is 7.24. The van der Waals surface area contributed by atoms with E-state index in [1.54, 1.807) is 12.1 Å². The lowest BCUT2D eigenvalue weighted by atomic mass is 10.1. The van der Waals surface area contributed by atoms with Crippen LogP contribution in [0.5, 0.6) is 5.75 Å². The molecule has 0 aliphatic heterocycles. The monoisotopic (exact) mass is 300 g/mol. The zero-order chi connectivity index (χ0) is 14.8. The van der Waals surface area contributed by atoms with E-state index in [9.17, 15) is 8.42 Å². The lowest BCUT2D eigenvalue weighted by Crippen LogP contribution is -2.00. The van der Waals surface area contributed by atoms with Crippen molar-refractivity contribution in [2.75, 3.05) is 6.61 Å². The summed E-state index contributed by atoms with van der Waals surface area (Å²) in [6, 6.07) is 5.81. The Morgan fingerprint density at radius 3 is 2.05 bits per heavy atom. The highest BCUT2D eigenvalue weighted by molar-refractivity contribution is 7.85. The van der Waals surface area contributed by atoms with Gasteiger partial charge in [-0.1, -0.05) is 45.4 Å². The van der Waals surface area contributed by atoms with E-state index in [0.717, 1.165) is 12.8 Å². The van der Waals surface area contributed by atoms with Crippen molar-refractivity contribution in [2.24, 2.45) is 0 Å². The van der Waals surface area contributed by atoms with Gasteiger partial charge in [-0.05, 0) is 30.7 Å². The quantitative estimate of drug-likeness (QED) is 0.523. The summed E-state index contributed by atoms with van der Waals surface area (Å²) < 4.78 is 36.1. The molecule has 114 valence electrons. The third-order valence-electron chi connectivity index (χ3n) is 3.14. The second-order valence-corrected chi connectivity index (χ2v) is 6.34. The summed E-state index contributed by atoms with van der Waals surface area (Å²) in [5.74, 6) is 0.628. The van der Waals surface area contributed by atoms with E-state index < -0.39 is 10.1 Å². The predicted molar refractivity (Wildman–Crippen MR) is 79.7 cm³/mol. The highest BCUT2D eigenvalue weighted by atomic mass is 32.2. The molecular weight excluding hydrogens is 276 g/mol. The van der Waals surface area contributed by atoms with Crippen LogP contribution in [0.25, 0.3) is 0 Å². The number of benzene rings is 1. The van der Waals surface area contributed by atoms with Gasteiger partial charge in [-0.15, -0.1) is 0 Å². The number of unbranched alkanes of at least 4 members (excludes halogenated alkanes) is 6. The maximum absolute atomic E-state index is 10.9. The summed E-state index contributed by atoms with van der Waals surface area (Å²) in [7, 11) is -4.12. The number of hydrogen-bond acceptors (Lipinski definition) is 3.